The first-order chi connectivity index (χ1) is 14.5. The molecule has 6 nitrogen and oxygen atoms in total. The molecular formula is C24H29N3O3. The molecule has 0 unspecified atom stereocenters. The fourth-order valence-electron chi connectivity index (χ4n) is 4.09. The number of hydrogen-bond acceptors (Lipinski definition) is 4. The lowest BCUT2D eigenvalue weighted by molar-refractivity contribution is -0.121. The van der Waals surface area contributed by atoms with Crippen LogP contribution in [0.4, 0.5) is 0 Å². The third-order valence-corrected chi connectivity index (χ3v) is 6.05. The third kappa shape index (κ3) is 5.00. The number of hydrogen-bond donors (Lipinski definition) is 2. The van der Waals surface area contributed by atoms with Gasteiger partial charge in [0.15, 0.2) is 5.58 Å². The second-order valence-electron chi connectivity index (χ2n) is 8.53. The predicted octanol–water partition coefficient (Wildman–Crippen LogP) is 3.29. The minimum Gasteiger partial charge on any atom is -0.408 e. The van der Waals surface area contributed by atoms with E-state index in [4.69, 9.17) is 4.42 Å². The molecule has 2 N–H and O–H groups in total. The van der Waals surface area contributed by atoms with E-state index in [9.17, 15) is 9.59 Å². The van der Waals surface area contributed by atoms with Gasteiger partial charge in [-0.3, -0.25) is 9.78 Å². The molecule has 4 rings (SSSR count). The van der Waals surface area contributed by atoms with E-state index in [-0.39, 0.29) is 11.9 Å². The number of oxazole rings is 1. The zero-order valence-electron chi connectivity index (χ0n) is 17.6. The van der Waals surface area contributed by atoms with Crippen LogP contribution in [-0.2, 0) is 11.2 Å². The van der Waals surface area contributed by atoms with Crippen LogP contribution in [0.1, 0.15) is 36.3 Å². The van der Waals surface area contributed by atoms with Gasteiger partial charge in [-0.15, -0.1) is 0 Å². The van der Waals surface area contributed by atoms with Gasteiger partial charge >= 0.3 is 5.76 Å². The molecule has 0 bridgehead atoms. The zero-order valence-corrected chi connectivity index (χ0v) is 17.6. The topological polar surface area (TPSA) is 78.3 Å². The number of nitrogens with zero attached hydrogens (tertiary/aromatic N) is 1. The van der Waals surface area contributed by atoms with Crippen molar-refractivity contribution in [2.45, 2.75) is 37.6 Å². The van der Waals surface area contributed by atoms with Crippen LogP contribution in [0.5, 0.6) is 0 Å². The molecule has 1 saturated carbocycles. The van der Waals surface area contributed by atoms with Gasteiger partial charge in [0.05, 0.1) is 5.52 Å². The molecule has 0 saturated heterocycles. The standard InChI is InChI=1S/C24H29N3O3/c1-27(2)19(12-16-8-11-21-22(13-16)30-24(29)26-21)15-25-23(28)14-20(18-9-10-18)17-6-4-3-5-7-17/h3-8,11,13,18-20H,9-10,12,14-15H2,1-2H3,(H,25,28)(H,26,29)/t19-,20+/m0/s1. The number of amides is 1. The molecule has 1 heterocycles. The van der Waals surface area contributed by atoms with Crippen molar-refractivity contribution < 1.29 is 9.21 Å². The maximum absolute atomic E-state index is 12.7. The van der Waals surface area contributed by atoms with Crippen molar-refractivity contribution in [3.8, 4) is 0 Å². The Morgan fingerprint density at radius 3 is 2.67 bits per heavy atom. The summed E-state index contributed by atoms with van der Waals surface area (Å²) in [6, 6.07) is 16.3. The minimum atomic E-state index is -0.442. The predicted molar refractivity (Wildman–Crippen MR) is 118 cm³/mol. The van der Waals surface area contributed by atoms with Crippen molar-refractivity contribution in [1.82, 2.24) is 15.2 Å². The largest absolute Gasteiger partial charge is 0.417 e. The summed E-state index contributed by atoms with van der Waals surface area (Å²) in [5.74, 6) is 0.602. The molecule has 1 aliphatic rings. The molecule has 1 amide bonds. The van der Waals surface area contributed by atoms with Crippen LogP contribution in [0.15, 0.2) is 57.7 Å². The highest BCUT2D eigenvalue weighted by atomic mass is 16.4. The number of carbonyl (C=O) groups excluding carboxylic acids is 1. The number of aromatic nitrogens is 1. The van der Waals surface area contributed by atoms with E-state index in [0.717, 1.165) is 12.0 Å². The molecule has 1 aliphatic carbocycles. The van der Waals surface area contributed by atoms with Crippen LogP contribution in [0.25, 0.3) is 11.1 Å². The first kappa shape index (κ1) is 20.4. The maximum atomic E-state index is 12.7. The Labute approximate surface area is 176 Å². The summed E-state index contributed by atoms with van der Waals surface area (Å²) >= 11 is 0. The number of benzene rings is 2. The second-order valence-corrected chi connectivity index (χ2v) is 8.53. The van der Waals surface area contributed by atoms with E-state index >= 15 is 0 Å². The zero-order chi connectivity index (χ0) is 21.1. The van der Waals surface area contributed by atoms with Gasteiger partial charge in [-0.2, -0.15) is 0 Å². The van der Waals surface area contributed by atoms with Gasteiger partial charge in [-0.05, 0) is 68.5 Å². The fourth-order valence-corrected chi connectivity index (χ4v) is 4.09. The fraction of sp³-hybridized carbons (Fsp3) is 0.417. The van der Waals surface area contributed by atoms with Crippen LogP contribution in [0.3, 0.4) is 0 Å². The maximum Gasteiger partial charge on any atom is 0.417 e. The summed E-state index contributed by atoms with van der Waals surface area (Å²) in [6.45, 7) is 0.577. The van der Waals surface area contributed by atoms with E-state index in [0.29, 0.717) is 35.9 Å². The van der Waals surface area contributed by atoms with E-state index in [2.05, 4.69) is 27.3 Å². The van der Waals surface area contributed by atoms with E-state index < -0.39 is 5.76 Å². The van der Waals surface area contributed by atoms with Crippen LogP contribution >= 0.6 is 0 Å². The second kappa shape index (κ2) is 8.88. The molecule has 1 aromatic heterocycles. The van der Waals surface area contributed by atoms with Gasteiger partial charge in [0.2, 0.25) is 5.91 Å². The molecule has 6 heteroatoms. The molecule has 2 atom stereocenters. The van der Waals surface area contributed by atoms with Gasteiger partial charge in [-0.25, -0.2) is 4.79 Å². The monoisotopic (exact) mass is 407 g/mol. The minimum absolute atomic E-state index is 0.106. The molecular weight excluding hydrogens is 378 g/mol. The van der Waals surface area contributed by atoms with E-state index in [1.807, 2.05) is 50.5 Å². The van der Waals surface area contributed by atoms with Crippen molar-refractivity contribution in [2.24, 2.45) is 5.92 Å². The Bertz CT molecular complexity index is 1050. The average molecular weight is 408 g/mol. The van der Waals surface area contributed by atoms with Gasteiger partial charge < -0.3 is 14.6 Å². The van der Waals surface area contributed by atoms with E-state index in [1.165, 1.54) is 18.4 Å². The molecule has 1 fully saturated rings. The Hall–Kier alpha value is -2.86. The van der Waals surface area contributed by atoms with Crippen LogP contribution in [0, 0.1) is 5.92 Å². The number of H-pyrrole nitrogens is 1. The number of likely N-dealkylation sites (N-methyl/N-ethyl adjacent to an activating group) is 1. The lowest BCUT2D eigenvalue weighted by Gasteiger charge is -2.25. The molecule has 158 valence electrons. The summed E-state index contributed by atoms with van der Waals surface area (Å²) in [4.78, 5) is 28.9. The Morgan fingerprint density at radius 1 is 1.20 bits per heavy atom. The number of fused-ring (bicyclic) bond motifs is 1. The number of nitrogens with one attached hydrogen (secondary N) is 2. The number of rotatable bonds is 9. The number of aromatic amines is 1. The van der Waals surface area contributed by atoms with Crippen LogP contribution in [-0.4, -0.2) is 42.5 Å². The van der Waals surface area contributed by atoms with Gasteiger partial charge in [0, 0.05) is 19.0 Å². The normalized spacial score (nSPS) is 16.0. The summed E-state index contributed by atoms with van der Waals surface area (Å²) in [6.07, 6.45) is 3.72. The molecule has 30 heavy (non-hydrogen) atoms. The third-order valence-electron chi connectivity index (χ3n) is 6.05. The van der Waals surface area contributed by atoms with Gasteiger partial charge in [-0.1, -0.05) is 36.4 Å². The quantitative estimate of drug-likeness (QED) is 0.571. The van der Waals surface area contributed by atoms with E-state index in [1.54, 1.807) is 0 Å². The smallest absolute Gasteiger partial charge is 0.408 e. The Balaban J connectivity index is 1.36. The molecule has 0 aliphatic heterocycles. The van der Waals surface area contributed by atoms with Crippen molar-refractivity contribution in [3.63, 3.8) is 0 Å². The SMILES string of the molecule is CN(C)[C@H](CNC(=O)C[C@H](c1ccccc1)C1CC1)Cc1ccc2[nH]c(=O)oc2c1. The van der Waals surface area contributed by atoms with Crippen molar-refractivity contribution in [2.75, 3.05) is 20.6 Å². The lowest BCUT2D eigenvalue weighted by atomic mass is 9.90. The molecule has 0 spiro atoms. The Kier molecular flexibility index (Phi) is 6.04. The molecule has 0 radical (unpaired) electrons. The lowest BCUT2D eigenvalue weighted by Crippen LogP contribution is -2.42. The van der Waals surface area contributed by atoms with Gasteiger partial charge in [0.25, 0.3) is 0 Å². The summed E-state index contributed by atoms with van der Waals surface area (Å²) in [7, 11) is 4.03. The summed E-state index contributed by atoms with van der Waals surface area (Å²) in [5.41, 5.74) is 3.60. The number of carbonyl (C=O) groups is 1. The van der Waals surface area contributed by atoms with Crippen LogP contribution < -0.4 is 11.1 Å². The van der Waals surface area contributed by atoms with Crippen molar-refractivity contribution >= 4 is 17.0 Å². The van der Waals surface area contributed by atoms with Crippen molar-refractivity contribution in [1.29, 1.82) is 0 Å². The van der Waals surface area contributed by atoms with Crippen molar-refractivity contribution in [3.05, 3.63) is 70.2 Å². The highest BCUT2D eigenvalue weighted by Crippen LogP contribution is 2.44. The highest BCUT2D eigenvalue weighted by molar-refractivity contribution is 5.77. The molecule has 3 aromatic rings. The summed E-state index contributed by atoms with van der Waals surface area (Å²) < 4.78 is 5.17. The first-order valence-corrected chi connectivity index (χ1v) is 10.6. The highest BCUT2D eigenvalue weighted by Gasteiger charge is 2.33. The molecule has 2 aromatic carbocycles. The first-order valence-electron chi connectivity index (χ1n) is 10.6. The average Bonchev–Trinajstić information content (AvgIpc) is 3.50. The summed E-state index contributed by atoms with van der Waals surface area (Å²) in [5, 5.41) is 3.15. The Morgan fingerprint density at radius 2 is 1.97 bits per heavy atom. The van der Waals surface area contributed by atoms with Gasteiger partial charge in [0.1, 0.15) is 0 Å². The van der Waals surface area contributed by atoms with Crippen LogP contribution in [0.2, 0.25) is 0 Å².